The molecule has 53 heavy (non-hydrogen) atoms. The zero-order valence-corrected chi connectivity index (χ0v) is 32.4. The second-order valence-electron chi connectivity index (χ2n) is 18.3. The van der Waals surface area contributed by atoms with Gasteiger partial charge in [0.15, 0.2) is 0 Å². The molecule has 2 heteroatoms. The van der Waals surface area contributed by atoms with Crippen LogP contribution < -0.4 is 10.6 Å². The number of aromatic nitrogens is 1. The fourth-order valence-electron chi connectivity index (χ4n) is 12.2. The molecule has 5 unspecified atom stereocenters. The Bertz CT molecular complexity index is 2100. The molecular weight excluding hydrogens is 641 g/mol. The highest BCUT2D eigenvalue weighted by atomic mass is 15.2. The Balaban J connectivity index is 0.975. The van der Waals surface area contributed by atoms with Crippen LogP contribution in [-0.4, -0.2) is 9.47 Å². The van der Waals surface area contributed by atoms with Crippen LogP contribution >= 0.6 is 0 Å². The minimum absolute atomic E-state index is 0.236. The smallest absolute Gasteiger partial charge is 0.0444 e. The molecule has 0 aromatic carbocycles. The van der Waals surface area contributed by atoms with Gasteiger partial charge in [-0.15, -0.1) is 0 Å². The first kappa shape index (κ1) is 33.8. The van der Waals surface area contributed by atoms with Gasteiger partial charge in [-0.25, -0.2) is 0 Å². The SMILES string of the molecule is CC1(C)C2CC(N(C3=CCC(C4=CCCC=C4)C=C3)C3=CC=C(C4C=c5c6c(n(C7CCCCC7)c5=CC4)CCCC6)CC3)=CC=C2C2C=CC=CC21. The van der Waals surface area contributed by atoms with Gasteiger partial charge in [-0.05, 0) is 135 Å². The lowest BCUT2D eigenvalue weighted by Crippen LogP contribution is -2.36. The summed E-state index contributed by atoms with van der Waals surface area (Å²) in [5.74, 6) is 2.72. The van der Waals surface area contributed by atoms with Crippen molar-refractivity contribution < 1.29 is 0 Å². The summed E-state index contributed by atoms with van der Waals surface area (Å²) < 4.78 is 2.86. The van der Waals surface area contributed by atoms with Crippen LogP contribution in [0.1, 0.15) is 121 Å². The standard InChI is InChI=1S/C51H60N2/c1-51(2)47-19-11-9-17-43(47)44-31-30-42(34-48(44)51)52(40-26-21-36(22-27-40)35-13-5-3-6-14-35)41-28-23-37(24-29-41)38-25-32-50-46(33-38)45-18-10-12-20-49(45)53(50)39-15-7-4-8-16-39/h5,9,11,13-14,17,19,21,23,26-28,30-33,36,38-39,43,47-48H,3-4,6-8,10,12,15-16,18,20,22,24-25,29,34H2,1-2H3. The number of hydrogen-bond donors (Lipinski definition) is 0. The van der Waals surface area contributed by atoms with Crippen molar-refractivity contribution >= 4 is 12.2 Å². The van der Waals surface area contributed by atoms with E-state index in [0.717, 1.165) is 38.1 Å². The van der Waals surface area contributed by atoms with Crippen LogP contribution in [0.25, 0.3) is 12.2 Å². The molecule has 0 saturated heterocycles. The first-order valence-corrected chi connectivity index (χ1v) is 21.7. The number of rotatable bonds is 6. The average molecular weight is 701 g/mol. The second kappa shape index (κ2) is 13.8. The van der Waals surface area contributed by atoms with Gasteiger partial charge < -0.3 is 9.47 Å². The quantitative estimate of drug-likeness (QED) is 0.287. The lowest BCUT2D eigenvalue weighted by Gasteiger charge is -2.39. The monoisotopic (exact) mass is 700 g/mol. The number of nitrogens with zero attached hydrogens (tertiary/aromatic N) is 2. The zero-order valence-electron chi connectivity index (χ0n) is 32.4. The van der Waals surface area contributed by atoms with E-state index in [2.05, 4.69) is 121 Å². The minimum atomic E-state index is 0.236. The van der Waals surface area contributed by atoms with Crippen LogP contribution in [0.4, 0.5) is 0 Å². The lowest BCUT2D eigenvalue weighted by molar-refractivity contribution is 0.209. The molecule has 0 amide bonds. The summed E-state index contributed by atoms with van der Waals surface area (Å²) in [4.78, 5) is 2.69. The Hall–Kier alpha value is -3.78. The van der Waals surface area contributed by atoms with Gasteiger partial charge in [0.05, 0.1) is 0 Å². The van der Waals surface area contributed by atoms with Gasteiger partial charge in [0.1, 0.15) is 0 Å². The summed E-state index contributed by atoms with van der Waals surface area (Å²) in [6.45, 7) is 5.06. The third kappa shape index (κ3) is 5.89. The molecule has 0 bridgehead atoms. The van der Waals surface area contributed by atoms with Crippen molar-refractivity contribution in [3.8, 4) is 0 Å². The highest BCUT2D eigenvalue weighted by molar-refractivity contribution is 5.51. The van der Waals surface area contributed by atoms with Gasteiger partial charge in [-0.2, -0.15) is 0 Å². The van der Waals surface area contributed by atoms with Crippen molar-refractivity contribution in [2.45, 2.75) is 123 Å². The maximum atomic E-state index is 2.86. The van der Waals surface area contributed by atoms with Crippen LogP contribution in [0.2, 0.25) is 0 Å². The number of allylic oxidation sites excluding steroid dienone is 19. The lowest BCUT2D eigenvalue weighted by atomic mass is 9.71. The first-order chi connectivity index (χ1) is 26.0. The largest absolute Gasteiger partial charge is 0.342 e. The Labute approximate surface area is 318 Å². The summed E-state index contributed by atoms with van der Waals surface area (Å²) >= 11 is 0. The van der Waals surface area contributed by atoms with Crippen molar-refractivity contribution in [2.24, 2.45) is 35.0 Å². The molecular formula is C51H60N2. The van der Waals surface area contributed by atoms with Crippen LogP contribution in [0.5, 0.6) is 0 Å². The van der Waals surface area contributed by atoms with Crippen molar-refractivity contribution in [1.29, 1.82) is 0 Å². The summed E-state index contributed by atoms with van der Waals surface area (Å²) in [6.07, 6.45) is 59.9. The van der Waals surface area contributed by atoms with Crippen LogP contribution in [-0.2, 0) is 12.8 Å². The van der Waals surface area contributed by atoms with E-state index in [1.165, 1.54) is 93.3 Å². The topological polar surface area (TPSA) is 8.17 Å². The molecule has 5 atom stereocenters. The van der Waals surface area contributed by atoms with Crippen molar-refractivity contribution in [3.05, 3.63) is 141 Å². The zero-order chi connectivity index (χ0) is 35.5. The van der Waals surface area contributed by atoms with E-state index in [-0.39, 0.29) is 5.41 Å². The van der Waals surface area contributed by atoms with E-state index < -0.39 is 0 Å². The highest BCUT2D eigenvalue weighted by Gasteiger charge is 2.51. The van der Waals surface area contributed by atoms with E-state index in [9.17, 15) is 0 Å². The average Bonchev–Trinajstić information content (AvgIpc) is 3.67. The maximum absolute atomic E-state index is 2.86. The van der Waals surface area contributed by atoms with Gasteiger partial charge in [-0.1, -0.05) is 123 Å². The Morgan fingerprint density at radius 2 is 1.58 bits per heavy atom. The third-order valence-electron chi connectivity index (χ3n) is 15.0. The van der Waals surface area contributed by atoms with E-state index in [1.54, 1.807) is 33.0 Å². The fraction of sp³-hybridized carbons (Fsp3) is 0.490. The highest BCUT2D eigenvalue weighted by Crippen LogP contribution is 2.59. The van der Waals surface area contributed by atoms with Gasteiger partial charge in [0, 0.05) is 51.9 Å². The predicted octanol–water partition coefficient (Wildman–Crippen LogP) is 11.3. The predicted molar refractivity (Wildman–Crippen MR) is 222 cm³/mol. The molecule has 1 heterocycles. The molecule has 9 aliphatic rings. The Kier molecular flexibility index (Phi) is 8.80. The van der Waals surface area contributed by atoms with Gasteiger partial charge in [-0.3, -0.25) is 0 Å². The van der Waals surface area contributed by atoms with E-state index >= 15 is 0 Å². The first-order valence-electron chi connectivity index (χ1n) is 21.7. The van der Waals surface area contributed by atoms with Crippen molar-refractivity contribution in [2.75, 3.05) is 0 Å². The summed E-state index contributed by atoms with van der Waals surface area (Å²) in [5, 5.41) is 3.21. The van der Waals surface area contributed by atoms with Crippen molar-refractivity contribution in [1.82, 2.24) is 9.47 Å². The molecule has 0 aliphatic heterocycles. The maximum Gasteiger partial charge on any atom is 0.0444 e. The van der Waals surface area contributed by atoms with Gasteiger partial charge in [0.25, 0.3) is 0 Å². The number of hydrogen-bond acceptors (Lipinski definition) is 1. The Morgan fingerprint density at radius 3 is 2.40 bits per heavy atom. The summed E-state index contributed by atoms with van der Waals surface area (Å²) in [7, 11) is 0. The summed E-state index contributed by atoms with van der Waals surface area (Å²) in [6, 6.07) is 0.729. The van der Waals surface area contributed by atoms with Gasteiger partial charge >= 0.3 is 0 Å². The van der Waals surface area contributed by atoms with Crippen molar-refractivity contribution in [3.63, 3.8) is 0 Å². The third-order valence-corrected chi connectivity index (χ3v) is 15.0. The molecule has 1 aromatic heterocycles. The van der Waals surface area contributed by atoms with E-state index in [0.29, 0.717) is 29.6 Å². The molecule has 0 spiro atoms. The number of fused-ring (bicyclic) bond motifs is 6. The molecule has 10 rings (SSSR count). The van der Waals surface area contributed by atoms with E-state index in [1.807, 2.05) is 0 Å². The Morgan fingerprint density at radius 1 is 0.736 bits per heavy atom. The molecule has 2 nitrogen and oxygen atoms in total. The molecule has 0 radical (unpaired) electrons. The molecule has 0 N–H and O–H groups in total. The van der Waals surface area contributed by atoms with Crippen LogP contribution in [0.15, 0.2) is 119 Å². The van der Waals surface area contributed by atoms with Crippen LogP contribution in [0.3, 0.4) is 0 Å². The molecule has 2 fully saturated rings. The van der Waals surface area contributed by atoms with E-state index in [4.69, 9.17) is 0 Å². The molecule has 274 valence electrons. The van der Waals surface area contributed by atoms with Gasteiger partial charge in [0.2, 0.25) is 0 Å². The molecule has 2 saturated carbocycles. The second-order valence-corrected chi connectivity index (χ2v) is 18.3. The molecule has 1 aromatic rings. The minimum Gasteiger partial charge on any atom is -0.342 e. The van der Waals surface area contributed by atoms with Crippen LogP contribution in [0, 0.1) is 35.0 Å². The fourth-order valence-corrected chi connectivity index (χ4v) is 12.2. The summed E-state index contributed by atoms with van der Waals surface area (Å²) in [5.41, 5.74) is 12.8. The molecule has 9 aliphatic carbocycles. The normalized spacial score (nSPS) is 31.3.